The van der Waals surface area contributed by atoms with Gasteiger partial charge in [-0.2, -0.15) is 5.10 Å². The predicted octanol–water partition coefficient (Wildman–Crippen LogP) is 0.642. The summed E-state index contributed by atoms with van der Waals surface area (Å²) in [5.41, 5.74) is 0. The molecule has 0 saturated heterocycles. The SMILES string of the molecule is CCCNC(Cc1ncnn1CC)C(C)S(C)(=O)=O. The lowest BCUT2D eigenvalue weighted by atomic mass is 10.1. The van der Waals surface area contributed by atoms with E-state index in [0.29, 0.717) is 6.42 Å². The number of aryl methyl sites for hydroxylation is 1. The maximum Gasteiger partial charge on any atom is 0.151 e. The van der Waals surface area contributed by atoms with Gasteiger partial charge in [-0.05, 0) is 26.8 Å². The summed E-state index contributed by atoms with van der Waals surface area (Å²) in [6.07, 6.45) is 4.33. The Hall–Kier alpha value is -0.950. The van der Waals surface area contributed by atoms with Crippen molar-refractivity contribution in [3.8, 4) is 0 Å². The minimum atomic E-state index is -3.08. The van der Waals surface area contributed by atoms with Crippen molar-refractivity contribution >= 4 is 9.84 Å². The molecule has 6 nitrogen and oxygen atoms in total. The number of nitrogens with zero attached hydrogens (tertiary/aromatic N) is 3. The van der Waals surface area contributed by atoms with E-state index in [1.807, 2.05) is 6.92 Å². The van der Waals surface area contributed by atoms with Crippen molar-refractivity contribution in [2.45, 2.75) is 51.4 Å². The van der Waals surface area contributed by atoms with E-state index in [2.05, 4.69) is 22.3 Å². The fourth-order valence-electron chi connectivity index (χ4n) is 1.94. The molecule has 7 heteroatoms. The van der Waals surface area contributed by atoms with Crippen LogP contribution in [0, 0.1) is 0 Å². The van der Waals surface area contributed by atoms with Crippen LogP contribution < -0.4 is 5.32 Å². The maximum absolute atomic E-state index is 11.7. The molecule has 0 radical (unpaired) electrons. The highest BCUT2D eigenvalue weighted by atomic mass is 32.2. The van der Waals surface area contributed by atoms with Crippen LogP contribution in [0.5, 0.6) is 0 Å². The Kier molecular flexibility index (Phi) is 5.93. The zero-order chi connectivity index (χ0) is 14.5. The predicted molar refractivity (Wildman–Crippen MR) is 75.8 cm³/mol. The lowest BCUT2D eigenvalue weighted by molar-refractivity contribution is 0.462. The fourth-order valence-corrected chi connectivity index (χ4v) is 2.73. The molecule has 19 heavy (non-hydrogen) atoms. The van der Waals surface area contributed by atoms with Crippen LogP contribution in [0.25, 0.3) is 0 Å². The third kappa shape index (κ3) is 4.58. The number of hydrogen-bond donors (Lipinski definition) is 1. The average Bonchev–Trinajstić information content (AvgIpc) is 2.79. The summed E-state index contributed by atoms with van der Waals surface area (Å²) in [6.45, 7) is 7.33. The normalized spacial score (nSPS) is 15.4. The molecular weight excluding hydrogens is 264 g/mol. The molecule has 0 fully saturated rings. The van der Waals surface area contributed by atoms with Gasteiger partial charge in [0.2, 0.25) is 0 Å². The van der Waals surface area contributed by atoms with E-state index in [-0.39, 0.29) is 6.04 Å². The fraction of sp³-hybridized carbons (Fsp3) is 0.833. The van der Waals surface area contributed by atoms with Crippen LogP contribution in [0.2, 0.25) is 0 Å². The molecule has 1 rings (SSSR count). The van der Waals surface area contributed by atoms with Crippen LogP contribution in [0.3, 0.4) is 0 Å². The molecule has 0 saturated carbocycles. The van der Waals surface area contributed by atoms with Gasteiger partial charge in [-0.1, -0.05) is 6.92 Å². The van der Waals surface area contributed by atoms with E-state index in [1.54, 1.807) is 11.6 Å². The van der Waals surface area contributed by atoms with E-state index in [9.17, 15) is 8.42 Å². The smallest absolute Gasteiger partial charge is 0.151 e. The Labute approximate surface area is 115 Å². The highest BCUT2D eigenvalue weighted by molar-refractivity contribution is 7.91. The molecule has 0 bridgehead atoms. The van der Waals surface area contributed by atoms with Crippen molar-refractivity contribution in [3.05, 3.63) is 12.2 Å². The molecule has 1 N–H and O–H groups in total. The molecule has 0 aromatic carbocycles. The average molecular weight is 288 g/mol. The first-order chi connectivity index (χ1) is 8.90. The monoisotopic (exact) mass is 288 g/mol. The van der Waals surface area contributed by atoms with Gasteiger partial charge in [0.15, 0.2) is 9.84 Å². The molecule has 0 aliphatic carbocycles. The highest BCUT2D eigenvalue weighted by Crippen LogP contribution is 2.10. The maximum atomic E-state index is 11.7. The minimum absolute atomic E-state index is 0.135. The van der Waals surface area contributed by atoms with Crippen LogP contribution in [0.15, 0.2) is 6.33 Å². The number of hydrogen-bond acceptors (Lipinski definition) is 5. The summed E-state index contributed by atoms with van der Waals surface area (Å²) in [5.74, 6) is 0.826. The first kappa shape index (κ1) is 16.1. The molecule has 1 heterocycles. The summed E-state index contributed by atoms with van der Waals surface area (Å²) in [6, 6.07) is -0.135. The van der Waals surface area contributed by atoms with Crippen molar-refractivity contribution in [1.29, 1.82) is 0 Å². The van der Waals surface area contributed by atoms with Crippen LogP contribution in [0.1, 0.15) is 33.0 Å². The second-order valence-corrected chi connectivity index (χ2v) is 7.19. The zero-order valence-corrected chi connectivity index (χ0v) is 12.9. The largest absolute Gasteiger partial charge is 0.312 e. The van der Waals surface area contributed by atoms with Gasteiger partial charge < -0.3 is 5.32 Å². The molecule has 110 valence electrons. The molecule has 0 aliphatic rings. The zero-order valence-electron chi connectivity index (χ0n) is 12.1. The molecule has 0 spiro atoms. The summed E-state index contributed by atoms with van der Waals surface area (Å²) < 4.78 is 25.3. The quantitative estimate of drug-likeness (QED) is 0.759. The molecule has 2 unspecified atom stereocenters. The first-order valence-corrected chi connectivity index (χ1v) is 8.64. The number of nitrogens with one attached hydrogen (secondary N) is 1. The summed E-state index contributed by atoms with van der Waals surface area (Å²) >= 11 is 0. The van der Waals surface area contributed by atoms with Gasteiger partial charge in [-0.25, -0.2) is 13.4 Å². The topological polar surface area (TPSA) is 76.9 Å². The third-order valence-electron chi connectivity index (χ3n) is 3.30. The molecule has 1 aromatic rings. The van der Waals surface area contributed by atoms with Gasteiger partial charge in [-0.15, -0.1) is 0 Å². The highest BCUT2D eigenvalue weighted by Gasteiger charge is 2.26. The van der Waals surface area contributed by atoms with Gasteiger partial charge in [0, 0.05) is 25.3 Å². The van der Waals surface area contributed by atoms with Crippen LogP contribution in [-0.2, 0) is 22.8 Å². The molecule has 0 aliphatic heterocycles. The van der Waals surface area contributed by atoms with Crippen molar-refractivity contribution in [3.63, 3.8) is 0 Å². The Bertz CT molecular complexity index is 484. The van der Waals surface area contributed by atoms with E-state index in [0.717, 1.165) is 25.3 Å². The van der Waals surface area contributed by atoms with Crippen LogP contribution in [0.4, 0.5) is 0 Å². The number of rotatable bonds is 8. The molecule has 2 atom stereocenters. The Morgan fingerprint density at radius 2 is 2.11 bits per heavy atom. The number of sulfone groups is 1. The molecular formula is C12H24N4O2S. The molecule has 0 amide bonds. The van der Waals surface area contributed by atoms with Gasteiger partial charge in [0.1, 0.15) is 12.2 Å². The Balaban J connectivity index is 2.86. The van der Waals surface area contributed by atoms with E-state index < -0.39 is 15.1 Å². The van der Waals surface area contributed by atoms with Crippen molar-refractivity contribution in [2.24, 2.45) is 0 Å². The minimum Gasteiger partial charge on any atom is -0.312 e. The van der Waals surface area contributed by atoms with E-state index >= 15 is 0 Å². The van der Waals surface area contributed by atoms with E-state index in [4.69, 9.17) is 0 Å². The van der Waals surface area contributed by atoms with Crippen molar-refractivity contribution in [1.82, 2.24) is 20.1 Å². The second-order valence-electron chi connectivity index (χ2n) is 4.79. The lowest BCUT2D eigenvalue weighted by Crippen LogP contribution is -2.44. The molecule has 1 aromatic heterocycles. The van der Waals surface area contributed by atoms with Crippen LogP contribution >= 0.6 is 0 Å². The van der Waals surface area contributed by atoms with Crippen molar-refractivity contribution < 1.29 is 8.42 Å². The van der Waals surface area contributed by atoms with Gasteiger partial charge in [-0.3, -0.25) is 4.68 Å². The Morgan fingerprint density at radius 3 is 2.63 bits per heavy atom. The van der Waals surface area contributed by atoms with E-state index in [1.165, 1.54) is 12.6 Å². The summed E-state index contributed by atoms with van der Waals surface area (Å²) in [4.78, 5) is 4.22. The van der Waals surface area contributed by atoms with Gasteiger partial charge in [0.05, 0.1) is 5.25 Å². The third-order valence-corrected chi connectivity index (χ3v) is 4.98. The first-order valence-electron chi connectivity index (χ1n) is 6.69. The summed E-state index contributed by atoms with van der Waals surface area (Å²) in [7, 11) is -3.08. The standard InChI is InChI=1S/C12H24N4O2S/c1-5-7-13-11(10(3)19(4,17)18)8-12-14-9-15-16(12)6-2/h9-11,13H,5-8H2,1-4H3. The van der Waals surface area contributed by atoms with Crippen molar-refractivity contribution in [2.75, 3.05) is 12.8 Å². The Morgan fingerprint density at radius 1 is 1.42 bits per heavy atom. The van der Waals surface area contributed by atoms with Gasteiger partial charge in [0.25, 0.3) is 0 Å². The number of aromatic nitrogens is 3. The lowest BCUT2D eigenvalue weighted by Gasteiger charge is -2.23. The second kappa shape index (κ2) is 7.00. The van der Waals surface area contributed by atoms with Gasteiger partial charge >= 0.3 is 0 Å². The summed E-state index contributed by atoms with van der Waals surface area (Å²) in [5, 5.41) is 6.98. The van der Waals surface area contributed by atoms with Crippen LogP contribution in [-0.4, -0.2) is 47.3 Å².